The molecule has 0 bridgehead atoms. The highest BCUT2D eigenvalue weighted by molar-refractivity contribution is 9.10. The highest BCUT2D eigenvalue weighted by Gasteiger charge is 2.27. The van der Waals surface area contributed by atoms with Gasteiger partial charge in [0.25, 0.3) is 5.91 Å². The molecule has 0 spiro atoms. The Balaban J connectivity index is 2.03. The van der Waals surface area contributed by atoms with Crippen LogP contribution in [-0.4, -0.2) is 41.6 Å². The zero-order valence-corrected chi connectivity index (χ0v) is 16.7. The van der Waals surface area contributed by atoms with Gasteiger partial charge in [-0.15, -0.1) is 0 Å². The van der Waals surface area contributed by atoms with Gasteiger partial charge in [-0.3, -0.25) is 4.79 Å². The van der Waals surface area contributed by atoms with Crippen LogP contribution in [0.3, 0.4) is 0 Å². The fourth-order valence-electron chi connectivity index (χ4n) is 2.62. The van der Waals surface area contributed by atoms with E-state index in [2.05, 4.69) is 21.2 Å². The molecule has 1 heterocycles. The highest BCUT2D eigenvalue weighted by atomic mass is 79.9. The molecule has 0 aromatic heterocycles. The lowest BCUT2D eigenvalue weighted by molar-refractivity contribution is 0.0452. The van der Waals surface area contributed by atoms with E-state index in [-0.39, 0.29) is 22.5 Å². The summed E-state index contributed by atoms with van der Waals surface area (Å²) in [5.74, 6) is -0.952. The monoisotopic (exact) mass is 434 g/mol. The predicted octanol–water partition coefficient (Wildman–Crippen LogP) is 4.37. The van der Waals surface area contributed by atoms with Crippen LogP contribution in [0.4, 0.5) is 9.18 Å². The second kappa shape index (κ2) is 7.91. The molecule has 138 valence electrons. The van der Waals surface area contributed by atoms with E-state index in [4.69, 9.17) is 16.3 Å². The second-order valence-corrected chi connectivity index (χ2v) is 8.22. The molecule has 0 aliphatic carbocycles. The van der Waals surface area contributed by atoms with E-state index in [1.54, 1.807) is 25.7 Å². The smallest absolute Gasteiger partial charge is 0.407 e. The molecule has 1 aliphatic heterocycles. The minimum absolute atomic E-state index is 0.0559. The van der Waals surface area contributed by atoms with Gasteiger partial charge in [-0.2, -0.15) is 0 Å². The standard InChI is InChI=1S/C17H21BrClFN2O3/c1-17(2,3)25-16(24)21-11-5-4-6-22(9-11)15(23)10-7-12(18)14(19)13(20)8-10/h7-8,11H,4-6,9H2,1-3H3,(H,21,24). The van der Waals surface area contributed by atoms with Crippen molar-refractivity contribution in [3.05, 3.63) is 33.0 Å². The van der Waals surface area contributed by atoms with Gasteiger partial charge in [-0.1, -0.05) is 11.6 Å². The summed E-state index contributed by atoms with van der Waals surface area (Å²) in [5.41, 5.74) is -0.367. The Morgan fingerprint density at radius 3 is 2.68 bits per heavy atom. The minimum Gasteiger partial charge on any atom is -0.444 e. The Morgan fingerprint density at radius 2 is 2.08 bits per heavy atom. The molecule has 8 heteroatoms. The van der Waals surface area contributed by atoms with Gasteiger partial charge in [0.15, 0.2) is 0 Å². The molecule has 1 aliphatic rings. The first kappa shape index (κ1) is 20.0. The molecule has 1 atom stereocenters. The third kappa shape index (κ3) is 5.57. The summed E-state index contributed by atoms with van der Waals surface area (Å²) < 4.78 is 19.3. The minimum atomic E-state index is -0.653. The number of amides is 2. The first-order valence-electron chi connectivity index (χ1n) is 8.00. The first-order valence-corrected chi connectivity index (χ1v) is 9.17. The van der Waals surface area contributed by atoms with E-state index in [0.29, 0.717) is 17.6 Å². The zero-order valence-electron chi connectivity index (χ0n) is 14.4. The first-order chi connectivity index (χ1) is 11.6. The van der Waals surface area contributed by atoms with Crippen LogP contribution in [0.2, 0.25) is 5.02 Å². The van der Waals surface area contributed by atoms with E-state index >= 15 is 0 Å². The lowest BCUT2D eigenvalue weighted by Gasteiger charge is -2.33. The van der Waals surface area contributed by atoms with Crippen molar-refractivity contribution in [1.82, 2.24) is 10.2 Å². The lowest BCUT2D eigenvalue weighted by Crippen LogP contribution is -2.50. The number of nitrogens with zero attached hydrogens (tertiary/aromatic N) is 1. The van der Waals surface area contributed by atoms with Crippen molar-refractivity contribution < 1.29 is 18.7 Å². The van der Waals surface area contributed by atoms with Crippen molar-refractivity contribution in [1.29, 1.82) is 0 Å². The van der Waals surface area contributed by atoms with E-state index in [0.717, 1.165) is 18.9 Å². The van der Waals surface area contributed by atoms with Gasteiger partial charge in [0, 0.05) is 29.2 Å². The van der Waals surface area contributed by atoms with Crippen LogP contribution in [0.15, 0.2) is 16.6 Å². The van der Waals surface area contributed by atoms with Crippen molar-refractivity contribution in [3.8, 4) is 0 Å². The summed E-state index contributed by atoms with van der Waals surface area (Å²) in [6.07, 6.45) is 0.984. The van der Waals surface area contributed by atoms with Crippen molar-refractivity contribution in [2.45, 2.75) is 45.3 Å². The lowest BCUT2D eigenvalue weighted by atomic mass is 10.0. The Bertz CT molecular complexity index is 655. The van der Waals surface area contributed by atoms with Crippen LogP contribution < -0.4 is 5.32 Å². The number of carbonyl (C=O) groups is 2. The quantitative estimate of drug-likeness (QED) is 0.702. The number of alkyl carbamates (subject to hydrolysis) is 1. The molecule has 2 rings (SSSR count). The van der Waals surface area contributed by atoms with Crippen LogP contribution in [0.5, 0.6) is 0 Å². The third-order valence-corrected chi connectivity index (χ3v) is 4.90. The molecule has 0 radical (unpaired) electrons. The molecular formula is C17H21BrClFN2O3. The number of ether oxygens (including phenoxy) is 1. The molecule has 1 saturated heterocycles. The average molecular weight is 436 g/mol. The van der Waals surface area contributed by atoms with Crippen molar-refractivity contribution >= 4 is 39.5 Å². The van der Waals surface area contributed by atoms with E-state index in [1.807, 2.05) is 0 Å². The normalized spacial score (nSPS) is 18.0. The van der Waals surface area contributed by atoms with Crippen LogP contribution >= 0.6 is 27.5 Å². The van der Waals surface area contributed by atoms with Gasteiger partial charge in [-0.05, 0) is 61.7 Å². The molecule has 1 aromatic rings. The fraction of sp³-hybridized carbons (Fsp3) is 0.529. The van der Waals surface area contributed by atoms with Gasteiger partial charge in [0.2, 0.25) is 0 Å². The molecule has 1 fully saturated rings. The van der Waals surface area contributed by atoms with E-state index in [9.17, 15) is 14.0 Å². The van der Waals surface area contributed by atoms with Crippen LogP contribution in [0, 0.1) is 5.82 Å². The Morgan fingerprint density at radius 1 is 1.40 bits per heavy atom. The number of carbonyl (C=O) groups excluding carboxylic acids is 2. The molecule has 1 unspecified atom stereocenters. The summed E-state index contributed by atoms with van der Waals surface area (Å²) in [4.78, 5) is 26.1. The number of hydrogen-bond donors (Lipinski definition) is 1. The van der Waals surface area contributed by atoms with Gasteiger partial charge >= 0.3 is 6.09 Å². The average Bonchev–Trinajstić information content (AvgIpc) is 2.49. The van der Waals surface area contributed by atoms with Crippen molar-refractivity contribution in [3.63, 3.8) is 0 Å². The summed E-state index contributed by atoms with van der Waals surface area (Å²) >= 11 is 8.91. The molecule has 2 amide bonds. The molecule has 5 nitrogen and oxygen atoms in total. The number of likely N-dealkylation sites (tertiary alicyclic amines) is 1. The van der Waals surface area contributed by atoms with Crippen LogP contribution in [-0.2, 0) is 4.74 Å². The molecule has 25 heavy (non-hydrogen) atoms. The number of halogens is 3. The molecule has 1 aromatic carbocycles. The zero-order chi connectivity index (χ0) is 18.8. The number of rotatable bonds is 2. The van der Waals surface area contributed by atoms with Crippen molar-refractivity contribution in [2.24, 2.45) is 0 Å². The Labute approximate surface area is 160 Å². The van der Waals surface area contributed by atoms with Gasteiger partial charge in [0.1, 0.15) is 11.4 Å². The highest BCUT2D eigenvalue weighted by Crippen LogP contribution is 2.28. The van der Waals surface area contributed by atoms with E-state index < -0.39 is 17.5 Å². The summed E-state index contributed by atoms with van der Waals surface area (Å²) in [6, 6.07) is 2.42. The maximum absolute atomic E-state index is 13.8. The SMILES string of the molecule is CC(C)(C)OC(=O)NC1CCCN(C(=O)c2cc(F)c(Cl)c(Br)c2)C1. The summed E-state index contributed by atoms with van der Waals surface area (Å²) in [5, 5.41) is 2.73. The van der Waals surface area contributed by atoms with Crippen LogP contribution in [0.25, 0.3) is 0 Å². The predicted molar refractivity (Wildman–Crippen MR) is 97.4 cm³/mol. The summed E-state index contributed by atoms with van der Waals surface area (Å²) in [6.45, 7) is 6.26. The topological polar surface area (TPSA) is 58.6 Å². The largest absolute Gasteiger partial charge is 0.444 e. The van der Waals surface area contributed by atoms with Crippen LogP contribution in [0.1, 0.15) is 44.0 Å². The molecule has 1 N–H and O–H groups in total. The maximum Gasteiger partial charge on any atom is 0.407 e. The third-order valence-electron chi connectivity index (χ3n) is 3.66. The van der Waals surface area contributed by atoms with Gasteiger partial charge in [-0.25, -0.2) is 9.18 Å². The van der Waals surface area contributed by atoms with Gasteiger partial charge < -0.3 is 15.0 Å². The van der Waals surface area contributed by atoms with Crippen molar-refractivity contribution in [2.75, 3.05) is 13.1 Å². The number of nitrogens with one attached hydrogen (secondary N) is 1. The molecule has 0 saturated carbocycles. The fourth-order valence-corrected chi connectivity index (χ4v) is 3.16. The van der Waals surface area contributed by atoms with Gasteiger partial charge in [0.05, 0.1) is 5.02 Å². The second-order valence-electron chi connectivity index (χ2n) is 6.99. The maximum atomic E-state index is 13.8. The van der Waals surface area contributed by atoms with E-state index in [1.165, 1.54) is 6.07 Å². The number of hydrogen-bond acceptors (Lipinski definition) is 3. The Hall–Kier alpha value is -1.34. The number of piperidine rings is 1. The summed E-state index contributed by atoms with van der Waals surface area (Å²) in [7, 11) is 0. The molecular weight excluding hydrogens is 415 g/mol. The Kier molecular flexibility index (Phi) is 6.32. The number of benzene rings is 1.